The number of aliphatic hydroxyl groups is 1. The van der Waals surface area contributed by atoms with Crippen molar-refractivity contribution in [1.29, 1.82) is 0 Å². The predicted molar refractivity (Wildman–Crippen MR) is 90.9 cm³/mol. The van der Waals surface area contributed by atoms with E-state index in [2.05, 4.69) is 37.4 Å². The van der Waals surface area contributed by atoms with Gasteiger partial charge < -0.3 is 10.4 Å². The Morgan fingerprint density at radius 1 is 1.18 bits per heavy atom. The van der Waals surface area contributed by atoms with Crippen LogP contribution in [0.3, 0.4) is 0 Å². The Morgan fingerprint density at radius 2 is 1.82 bits per heavy atom. The average molecular weight is 306 g/mol. The zero-order valence-electron chi connectivity index (χ0n) is 14.7. The molecule has 124 valence electrons. The number of carbonyl (C=O) groups is 1. The summed E-state index contributed by atoms with van der Waals surface area (Å²) in [6.07, 6.45) is -0.438. The van der Waals surface area contributed by atoms with Crippen molar-refractivity contribution in [3.63, 3.8) is 0 Å². The van der Waals surface area contributed by atoms with E-state index in [4.69, 9.17) is 0 Å². The van der Waals surface area contributed by atoms with Crippen LogP contribution in [-0.2, 0) is 4.79 Å². The zero-order valence-corrected chi connectivity index (χ0v) is 14.7. The Hall–Kier alpha value is -1.39. The number of carbonyl (C=O) groups excluding carboxylic acids is 1. The quantitative estimate of drug-likeness (QED) is 0.814. The Kier molecular flexibility index (Phi) is 7.04. The molecule has 22 heavy (non-hydrogen) atoms. The molecule has 0 aliphatic carbocycles. The van der Waals surface area contributed by atoms with E-state index >= 15 is 0 Å². The maximum atomic E-state index is 12.2. The molecular formula is C18H30N2O2. The highest BCUT2D eigenvalue weighted by molar-refractivity contribution is 5.78. The molecule has 0 heterocycles. The number of aliphatic hydroxyl groups excluding tert-OH is 1. The third-order valence-corrected chi connectivity index (χ3v) is 3.98. The van der Waals surface area contributed by atoms with Gasteiger partial charge in [0.2, 0.25) is 5.91 Å². The molecule has 1 amide bonds. The Balaban J connectivity index is 2.64. The van der Waals surface area contributed by atoms with Crippen molar-refractivity contribution in [3.8, 4) is 0 Å². The van der Waals surface area contributed by atoms with Crippen LogP contribution in [-0.4, -0.2) is 41.1 Å². The number of nitrogens with one attached hydrogen (secondary N) is 1. The minimum absolute atomic E-state index is 0.0138. The highest BCUT2D eigenvalue weighted by atomic mass is 16.3. The van der Waals surface area contributed by atoms with Crippen molar-refractivity contribution < 1.29 is 9.90 Å². The molecule has 0 spiro atoms. The van der Waals surface area contributed by atoms with Crippen LogP contribution < -0.4 is 5.32 Å². The summed E-state index contributed by atoms with van der Waals surface area (Å²) in [5, 5.41) is 12.6. The first-order valence-corrected chi connectivity index (χ1v) is 7.99. The summed E-state index contributed by atoms with van der Waals surface area (Å²) in [4.78, 5) is 14.2. The summed E-state index contributed by atoms with van der Waals surface area (Å²) in [6.45, 7) is 12.8. The molecule has 0 aliphatic heterocycles. The normalized spacial score (nSPS) is 14.2. The molecule has 0 bridgehead atoms. The van der Waals surface area contributed by atoms with Crippen LogP contribution >= 0.6 is 0 Å². The van der Waals surface area contributed by atoms with Crippen LogP contribution in [0.25, 0.3) is 0 Å². The van der Waals surface area contributed by atoms with Crippen molar-refractivity contribution in [2.45, 2.75) is 59.7 Å². The summed E-state index contributed by atoms with van der Waals surface area (Å²) in [6, 6.07) is 6.46. The molecular weight excluding hydrogens is 276 g/mol. The van der Waals surface area contributed by atoms with Crippen LogP contribution in [0, 0.1) is 13.8 Å². The van der Waals surface area contributed by atoms with Gasteiger partial charge in [0.25, 0.3) is 0 Å². The maximum Gasteiger partial charge on any atom is 0.234 e. The van der Waals surface area contributed by atoms with Crippen LogP contribution in [0.2, 0.25) is 0 Å². The lowest BCUT2D eigenvalue weighted by atomic mass is 10.0. The van der Waals surface area contributed by atoms with Gasteiger partial charge >= 0.3 is 0 Å². The van der Waals surface area contributed by atoms with Gasteiger partial charge in [-0.15, -0.1) is 0 Å². The lowest BCUT2D eigenvalue weighted by molar-refractivity contribution is -0.123. The monoisotopic (exact) mass is 306 g/mol. The van der Waals surface area contributed by atoms with E-state index in [1.807, 2.05) is 25.7 Å². The molecule has 0 fully saturated rings. The van der Waals surface area contributed by atoms with Crippen molar-refractivity contribution in [1.82, 2.24) is 10.2 Å². The Morgan fingerprint density at radius 3 is 2.32 bits per heavy atom. The summed E-state index contributed by atoms with van der Waals surface area (Å²) in [5.41, 5.74) is 3.60. The fourth-order valence-corrected chi connectivity index (χ4v) is 2.39. The largest absolute Gasteiger partial charge is 0.392 e. The number of hydrogen-bond acceptors (Lipinski definition) is 3. The van der Waals surface area contributed by atoms with Crippen LogP contribution in [0.5, 0.6) is 0 Å². The molecule has 2 unspecified atom stereocenters. The second kappa shape index (κ2) is 8.30. The number of hydrogen-bond donors (Lipinski definition) is 2. The van der Waals surface area contributed by atoms with E-state index in [1.54, 1.807) is 6.92 Å². The molecule has 0 aliphatic rings. The van der Waals surface area contributed by atoms with Gasteiger partial charge in [-0.25, -0.2) is 0 Å². The summed E-state index contributed by atoms with van der Waals surface area (Å²) >= 11 is 0. The summed E-state index contributed by atoms with van der Waals surface area (Å²) < 4.78 is 0. The van der Waals surface area contributed by atoms with E-state index in [0.29, 0.717) is 13.1 Å². The highest BCUT2D eigenvalue weighted by Gasteiger charge is 2.17. The molecule has 1 rings (SSSR count). The molecule has 2 atom stereocenters. The van der Waals surface area contributed by atoms with Crippen LogP contribution in [0.15, 0.2) is 18.2 Å². The van der Waals surface area contributed by atoms with Gasteiger partial charge in [-0.05, 0) is 58.2 Å². The second-order valence-electron chi connectivity index (χ2n) is 6.51. The van der Waals surface area contributed by atoms with Crippen molar-refractivity contribution in [2.75, 3.05) is 13.1 Å². The van der Waals surface area contributed by atoms with E-state index in [0.717, 1.165) is 5.56 Å². The fraction of sp³-hybridized carbons (Fsp3) is 0.611. The minimum atomic E-state index is -0.438. The molecule has 2 N–H and O–H groups in total. The molecule has 0 radical (unpaired) electrons. The van der Waals surface area contributed by atoms with E-state index in [1.165, 1.54) is 11.1 Å². The van der Waals surface area contributed by atoms with Crippen molar-refractivity contribution in [2.24, 2.45) is 0 Å². The first-order chi connectivity index (χ1) is 10.2. The number of nitrogens with zero attached hydrogens (tertiary/aromatic N) is 1. The van der Waals surface area contributed by atoms with Gasteiger partial charge in [0, 0.05) is 12.6 Å². The SMILES string of the molecule is Cc1ccc(C(C)NC(=O)CN(CC(C)O)C(C)C)cc1C. The topological polar surface area (TPSA) is 52.6 Å². The van der Waals surface area contributed by atoms with E-state index < -0.39 is 6.10 Å². The maximum absolute atomic E-state index is 12.2. The van der Waals surface area contributed by atoms with Gasteiger partial charge in [0.15, 0.2) is 0 Å². The number of benzene rings is 1. The smallest absolute Gasteiger partial charge is 0.234 e. The Labute approximate surface area is 134 Å². The third kappa shape index (κ3) is 5.78. The number of aryl methyl sites for hydroxylation is 2. The Bertz CT molecular complexity index is 498. The van der Waals surface area contributed by atoms with Gasteiger partial charge in [-0.3, -0.25) is 9.69 Å². The molecule has 1 aromatic carbocycles. The van der Waals surface area contributed by atoms with E-state index in [9.17, 15) is 9.90 Å². The lowest BCUT2D eigenvalue weighted by Crippen LogP contribution is -2.44. The average Bonchev–Trinajstić information content (AvgIpc) is 2.40. The van der Waals surface area contributed by atoms with Gasteiger partial charge in [-0.1, -0.05) is 18.2 Å². The van der Waals surface area contributed by atoms with E-state index in [-0.39, 0.29) is 18.0 Å². The van der Waals surface area contributed by atoms with Crippen molar-refractivity contribution >= 4 is 5.91 Å². The minimum Gasteiger partial charge on any atom is -0.392 e. The molecule has 4 heteroatoms. The number of rotatable bonds is 7. The summed E-state index contributed by atoms with van der Waals surface area (Å²) in [7, 11) is 0. The fourth-order valence-electron chi connectivity index (χ4n) is 2.39. The highest BCUT2D eigenvalue weighted by Crippen LogP contribution is 2.16. The molecule has 4 nitrogen and oxygen atoms in total. The third-order valence-electron chi connectivity index (χ3n) is 3.98. The zero-order chi connectivity index (χ0) is 16.9. The summed E-state index contributed by atoms with van der Waals surface area (Å²) in [5.74, 6) is -0.0138. The van der Waals surface area contributed by atoms with Crippen molar-refractivity contribution in [3.05, 3.63) is 34.9 Å². The van der Waals surface area contributed by atoms with Gasteiger partial charge in [0.05, 0.1) is 18.7 Å². The van der Waals surface area contributed by atoms with Crippen LogP contribution in [0.4, 0.5) is 0 Å². The molecule has 0 saturated heterocycles. The first-order valence-electron chi connectivity index (χ1n) is 7.99. The number of amides is 1. The standard InChI is InChI=1S/C18H30N2O2/c1-12(2)20(10-15(5)21)11-18(22)19-16(6)17-8-7-13(3)14(4)9-17/h7-9,12,15-16,21H,10-11H2,1-6H3,(H,19,22). The predicted octanol–water partition coefficient (Wildman–Crippen LogP) is 2.57. The molecule has 0 saturated carbocycles. The van der Waals surface area contributed by atoms with Gasteiger partial charge in [0.1, 0.15) is 0 Å². The van der Waals surface area contributed by atoms with Crippen LogP contribution in [0.1, 0.15) is 50.4 Å². The molecule has 1 aromatic rings. The molecule has 0 aromatic heterocycles. The second-order valence-corrected chi connectivity index (χ2v) is 6.51. The lowest BCUT2D eigenvalue weighted by Gasteiger charge is -2.27. The van der Waals surface area contributed by atoms with Gasteiger partial charge in [-0.2, -0.15) is 0 Å². The first kappa shape index (κ1) is 18.7.